The summed E-state index contributed by atoms with van der Waals surface area (Å²) < 4.78 is 67.7. The summed E-state index contributed by atoms with van der Waals surface area (Å²) in [5.74, 6) is -0.704. The first kappa shape index (κ1) is 79.1. The van der Waals surface area contributed by atoms with E-state index in [-0.39, 0.29) is 25.7 Å². The molecule has 0 aromatic rings. The highest BCUT2D eigenvalue weighted by Gasteiger charge is 2.30. The number of phosphoric acid groups is 2. The third-order valence-corrected chi connectivity index (χ3v) is 16.1. The number of hydrogen-bond acceptors (Lipinski definition) is 15. The van der Waals surface area contributed by atoms with Crippen molar-refractivity contribution >= 4 is 39.5 Å². The van der Waals surface area contributed by atoms with Gasteiger partial charge >= 0.3 is 39.5 Å². The Balaban J connectivity index is 5.17. The van der Waals surface area contributed by atoms with E-state index in [1.165, 1.54) is 116 Å². The van der Waals surface area contributed by atoms with Crippen LogP contribution < -0.4 is 0 Å². The Morgan fingerprint density at radius 1 is 0.333 bits per heavy atom. The van der Waals surface area contributed by atoms with Crippen LogP contribution in [0.3, 0.4) is 0 Å². The molecule has 0 spiro atoms. The topological polar surface area (TPSA) is 237 Å². The first-order valence-electron chi connectivity index (χ1n) is 32.5. The van der Waals surface area contributed by atoms with Crippen molar-refractivity contribution in [2.75, 3.05) is 39.6 Å². The number of aliphatic hydroxyl groups is 1. The minimum atomic E-state index is -4.94. The highest BCUT2D eigenvalue weighted by Crippen LogP contribution is 2.45. The molecular weight excluding hydrogens is 1080 g/mol. The maximum absolute atomic E-state index is 13.0. The van der Waals surface area contributed by atoms with Crippen LogP contribution in [0.25, 0.3) is 0 Å². The van der Waals surface area contributed by atoms with Gasteiger partial charge in [-0.1, -0.05) is 253 Å². The molecule has 0 bridgehead atoms. The number of ether oxygens (including phenoxy) is 4. The second-order valence-electron chi connectivity index (χ2n) is 23.4. The van der Waals surface area contributed by atoms with Crippen molar-refractivity contribution in [3.8, 4) is 0 Å². The lowest BCUT2D eigenvalue weighted by Crippen LogP contribution is -2.30. The Morgan fingerprint density at radius 2 is 0.568 bits per heavy atom. The fourth-order valence-electron chi connectivity index (χ4n) is 9.18. The molecule has 0 rings (SSSR count). The van der Waals surface area contributed by atoms with Crippen LogP contribution in [-0.4, -0.2) is 96.7 Å². The van der Waals surface area contributed by atoms with Crippen molar-refractivity contribution in [3.63, 3.8) is 0 Å². The van der Waals surface area contributed by atoms with E-state index >= 15 is 0 Å². The second kappa shape index (κ2) is 54.7. The molecule has 3 N–H and O–H groups in total. The minimum absolute atomic E-state index is 0.101. The van der Waals surface area contributed by atoms with Crippen LogP contribution in [0.5, 0.6) is 0 Å². The van der Waals surface area contributed by atoms with Gasteiger partial charge in [-0.25, -0.2) is 9.13 Å². The van der Waals surface area contributed by atoms with Crippen LogP contribution in [0.4, 0.5) is 0 Å². The standard InChI is InChI=1S/C62H120O17P2/c1-7-9-11-13-14-15-16-20-23-26-33-39-45-60(65)73-51-58(78-61(66)46-40-34-27-24-21-18-17-19-22-25-31-36-42-54(3)4)53-77-81(70,71)75-49-56(63)48-74-80(68,69)76-52-57(50-72-59(64)44-38-30-12-10-8-2)79-62(67)47-41-35-29-28-32-37-43-55(5)6/h54-58,63H,7-53H2,1-6H3,(H,68,69)(H,70,71)/t56-,57+,58+/m0/s1. The number of carbonyl (C=O) groups excluding carboxylic acids is 4. The molecule has 17 nitrogen and oxygen atoms in total. The molecule has 19 heteroatoms. The van der Waals surface area contributed by atoms with E-state index in [1.54, 1.807) is 0 Å². The van der Waals surface area contributed by atoms with E-state index in [0.29, 0.717) is 31.6 Å². The van der Waals surface area contributed by atoms with Gasteiger partial charge in [-0.2, -0.15) is 0 Å². The van der Waals surface area contributed by atoms with Gasteiger partial charge in [-0.05, 0) is 37.5 Å². The molecule has 2 unspecified atom stereocenters. The second-order valence-corrected chi connectivity index (χ2v) is 26.3. The Kier molecular flexibility index (Phi) is 53.4. The Bertz CT molecular complexity index is 1600. The summed E-state index contributed by atoms with van der Waals surface area (Å²) >= 11 is 0. The number of rotatable bonds is 61. The molecule has 81 heavy (non-hydrogen) atoms. The summed E-state index contributed by atoms with van der Waals surface area (Å²) in [7, 11) is -9.87. The molecule has 0 aliphatic heterocycles. The van der Waals surface area contributed by atoms with Crippen LogP contribution in [0.2, 0.25) is 0 Å². The summed E-state index contributed by atoms with van der Waals surface area (Å²) in [6, 6.07) is 0. The summed E-state index contributed by atoms with van der Waals surface area (Å²) in [6.07, 6.45) is 36.7. The largest absolute Gasteiger partial charge is 0.472 e. The third kappa shape index (κ3) is 56.9. The fraction of sp³-hybridized carbons (Fsp3) is 0.935. The van der Waals surface area contributed by atoms with Gasteiger partial charge in [0.25, 0.3) is 0 Å². The minimum Gasteiger partial charge on any atom is -0.462 e. The predicted octanol–water partition coefficient (Wildman–Crippen LogP) is 16.9. The zero-order chi connectivity index (χ0) is 60.1. The SMILES string of the molecule is CCCCCCCCCCCCCCC(=O)OC[C@H](COP(=O)(O)OC[C@@H](O)COP(=O)(O)OC[C@@H](COC(=O)CCCCCCC)OC(=O)CCCCCCCCC(C)C)OC(=O)CCCCCCCCCCCCCCC(C)C. The van der Waals surface area contributed by atoms with Gasteiger partial charge in [0, 0.05) is 25.7 Å². The molecule has 0 amide bonds. The van der Waals surface area contributed by atoms with Crippen molar-refractivity contribution in [2.45, 2.75) is 323 Å². The lowest BCUT2D eigenvalue weighted by Gasteiger charge is -2.21. The van der Waals surface area contributed by atoms with Crippen LogP contribution >= 0.6 is 15.6 Å². The van der Waals surface area contributed by atoms with Crippen molar-refractivity contribution in [1.82, 2.24) is 0 Å². The van der Waals surface area contributed by atoms with Gasteiger partial charge in [0.15, 0.2) is 12.2 Å². The highest BCUT2D eigenvalue weighted by molar-refractivity contribution is 7.47. The number of phosphoric ester groups is 2. The van der Waals surface area contributed by atoms with Crippen molar-refractivity contribution in [1.29, 1.82) is 0 Å². The first-order chi connectivity index (χ1) is 38.9. The van der Waals surface area contributed by atoms with E-state index in [0.717, 1.165) is 102 Å². The number of unbranched alkanes of at least 4 members (excludes halogenated alkanes) is 31. The maximum Gasteiger partial charge on any atom is 0.472 e. The molecule has 480 valence electrons. The Morgan fingerprint density at radius 3 is 0.840 bits per heavy atom. The zero-order valence-electron chi connectivity index (χ0n) is 52.1. The van der Waals surface area contributed by atoms with E-state index in [4.69, 9.17) is 37.0 Å². The van der Waals surface area contributed by atoms with Gasteiger partial charge in [-0.3, -0.25) is 37.3 Å². The number of carbonyl (C=O) groups is 4. The lowest BCUT2D eigenvalue weighted by molar-refractivity contribution is -0.161. The van der Waals surface area contributed by atoms with Gasteiger partial charge in [0.2, 0.25) is 0 Å². The van der Waals surface area contributed by atoms with E-state index in [2.05, 4.69) is 41.5 Å². The van der Waals surface area contributed by atoms with Gasteiger partial charge in [0.05, 0.1) is 26.4 Å². The van der Waals surface area contributed by atoms with Crippen molar-refractivity contribution < 1.29 is 80.2 Å². The molecule has 0 radical (unpaired) electrons. The van der Waals surface area contributed by atoms with E-state index in [1.807, 2.05) is 0 Å². The molecule has 5 atom stereocenters. The predicted molar refractivity (Wildman–Crippen MR) is 321 cm³/mol. The van der Waals surface area contributed by atoms with Crippen molar-refractivity contribution in [3.05, 3.63) is 0 Å². The van der Waals surface area contributed by atoms with Crippen LogP contribution in [0.1, 0.15) is 305 Å². The van der Waals surface area contributed by atoms with Crippen LogP contribution in [0, 0.1) is 11.8 Å². The molecule has 0 saturated carbocycles. The Hall–Kier alpha value is -1.94. The molecule has 0 fully saturated rings. The number of hydrogen-bond donors (Lipinski definition) is 3. The monoisotopic (exact) mass is 1200 g/mol. The third-order valence-electron chi connectivity index (χ3n) is 14.2. The highest BCUT2D eigenvalue weighted by atomic mass is 31.2. The zero-order valence-corrected chi connectivity index (χ0v) is 53.9. The smallest absolute Gasteiger partial charge is 0.462 e. The molecular formula is C62H120O17P2. The first-order valence-corrected chi connectivity index (χ1v) is 35.5. The van der Waals surface area contributed by atoms with Crippen molar-refractivity contribution in [2.24, 2.45) is 11.8 Å². The van der Waals surface area contributed by atoms with Crippen LogP contribution in [0.15, 0.2) is 0 Å². The van der Waals surface area contributed by atoms with Gasteiger partial charge in [-0.15, -0.1) is 0 Å². The van der Waals surface area contributed by atoms with E-state index in [9.17, 15) is 43.2 Å². The van der Waals surface area contributed by atoms with Gasteiger partial charge < -0.3 is 33.8 Å². The summed E-state index contributed by atoms with van der Waals surface area (Å²) in [4.78, 5) is 71.8. The molecule has 0 aromatic heterocycles. The molecule has 0 saturated heterocycles. The normalized spacial score (nSPS) is 14.4. The number of esters is 4. The number of aliphatic hydroxyl groups excluding tert-OH is 1. The summed E-state index contributed by atoms with van der Waals surface area (Å²) in [5, 5.41) is 10.5. The van der Waals surface area contributed by atoms with Crippen LogP contribution in [-0.2, 0) is 65.4 Å². The lowest BCUT2D eigenvalue weighted by atomic mass is 10.0. The Labute approximate surface area is 492 Å². The van der Waals surface area contributed by atoms with Gasteiger partial charge in [0.1, 0.15) is 19.3 Å². The summed E-state index contributed by atoms with van der Waals surface area (Å²) in [6.45, 7) is 9.31. The quantitative estimate of drug-likeness (QED) is 0.0222. The maximum atomic E-state index is 13.0. The molecule has 0 aliphatic carbocycles. The average Bonchev–Trinajstić information content (AvgIpc) is 3.42. The fourth-order valence-corrected chi connectivity index (χ4v) is 10.8. The molecule has 0 aliphatic rings. The summed E-state index contributed by atoms with van der Waals surface area (Å²) in [5.41, 5.74) is 0. The average molecular weight is 1200 g/mol. The van der Waals surface area contributed by atoms with E-state index < -0.39 is 97.5 Å². The molecule has 0 heterocycles. The molecule has 0 aromatic carbocycles.